The first kappa shape index (κ1) is 14.5. The molecule has 0 radical (unpaired) electrons. The van der Waals surface area contributed by atoms with Gasteiger partial charge in [-0.3, -0.25) is 19.4 Å². The molecule has 0 bridgehead atoms. The number of rotatable bonds is 2. The lowest BCUT2D eigenvalue weighted by atomic mass is 10.00. The summed E-state index contributed by atoms with van der Waals surface area (Å²) in [6.07, 6.45) is 5.71. The van der Waals surface area contributed by atoms with Crippen molar-refractivity contribution in [3.63, 3.8) is 0 Å². The van der Waals surface area contributed by atoms with E-state index in [0.29, 0.717) is 6.42 Å². The molecule has 4 rings (SSSR count). The number of hydrogen-bond acceptors (Lipinski definition) is 5. The summed E-state index contributed by atoms with van der Waals surface area (Å²) in [5, 5.41) is 10.3. The van der Waals surface area contributed by atoms with Gasteiger partial charge in [0.1, 0.15) is 0 Å². The molecule has 1 aromatic carbocycles. The summed E-state index contributed by atoms with van der Waals surface area (Å²) in [6.45, 7) is 1.53. The second kappa shape index (κ2) is 5.52. The summed E-state index contributed by atoms with van der Waals surface area (Å²) >= 11 is 0. The Morgan fingerprint density at radius 1 is 1.12 bits per heavy atom. The molecule has 1 amide bonds. The van der Waals surface area contributed by atoms with Crippen LogP contribution in [0.15, 0.2) is 48.0 Å². The zero-order valence-electron chi connectivity index (χ0n) is 13.4. The standard InChI is InChI=1S/C17H16N6O/c1-11(24)23-17(10-15(21-23)16-5-6-20-22(16)2)12-3-4-13-14(9-12)19-8-7-18-13/h3-9,17H,10H2,1-2H3/t17-/m1/s1. The van der Waals surface area contributed by atoms with Crippen molar-refractivity contribution in [2.45, 2.75) is 19.4 Å². The van der Waals surface area contributed by atoms with Crippen LogP contribution in [0.25, 0.3) is 11.0 Å². The Hall–Kier alpha value is -3.09. The first-order valence-corrected chi connectivity index (χ1v) is 7.70. The third kappa shape index (κ3) is 2.34. The van der Waals surface area contributed by atoms with Gasteiger partial charge in [-0.2, -0.15) is 10.2 Å². The predicted octanol–water partition coefficient (Wildman–Crippen LogP) is 2.06. The average Bonchev–Trinajstić information content (AvgIpc) is 3.20. The Bertz CT molecular complexity index is 960. The Labute approximate surface area is 138 Å². The number of benzene rings is 1. The van der Waals surface area contributed by atoms with Crippen molar-refractivity contribution in [2.24, 2.45) is 12.1 Å². The number of hydrogen-bond donors (Lipinski definition) is 0. The zero-order chi connectivity index (χ0) is 16.7. The molecule has 3 aromatic rings. The fourth-order valence-electron chi connectivity index (χ4n) is 3.06. The molecule has 0 unspecified atom stereocenters. The maximum atomic E-state index is 12.1. The molecule has 1 aliphatic heterocycles. The lowest BCUT2D eigenvalue weighted by molar-refractivity contribution is -0.130. The fourth-order valence-corrected chi connectivity index (χ4v) is 3.06. The van der Waals surface area contributed by atoms with Crippen molar-refractivity contribution in [3.05, 3.63) is 54.1 Å². The van der Waals surface area contributed by atoms with E-state index < -0.39 is 0 Å². The minimum absolute atomic E-state index is 0.0867. The number of carbonyl (C=O) groups is 1. The van der Waals surface area contributed by atoms with Crippen LogP contribution in [0.2, 0.25) is 0 Å². The number of fused-ring (bicyclic) bond motifs is 1. The van der Waals surface area contributed by atoms with Crippen LogP contribution in [0.3, 0.4) is 0 Å². The molecular weight excluding hydrogens is 304 g/mol. The molecule has 1 atom stereocenters. The molecule has 7 nitrogen and oxygen atoms in total. The highest BCUT2D eigenvalue weighted by Gasteiger charge is 2.32. The Morgan fingerprint density at radius 2 is 1.92 bits per heavy atom. The maximum absolute atomic E-state index is 12.1. The van der Waals surface area contributed by atoms with Crippen molar-refractivity contribution in [1.82, 2.24) is 24.8 Å². The summed E-state index contributed by atoms with van der Waals surface area (Å²) < 4.78 is 1.77. The van der Waals surface area contributed by atoms with E-state index in [1.165, 1.54) is 6.92 Å². The van der Waals surface area contributed by atoms with Gasteiger partial charge in [-0.1, -0.05) is 6.07 Å². The molecule has 0 spiro atoms. The van der Waals surface area contributed by atoms with Crippen LogP contribution in [-0.4, -0.2) is 36.4 Å². The molecule has 0 saturated carbocycles. The van der Waals surface area contributed by atoms with Crippen LogP contribution >= 0.6 is 0 Å². The number of nitrogens with zero attached hydrogens (tertiary/aromatic N) is 6. The number of carbonyl (C=O) groups excluding carboxylic acids is 1. The number of aromatic nitrogens is 4. The highest BCUT2D eigenvalue weighted by Crippen LogP contribution is 2.33. The molecule has 0 aliphatic carbocycles. The quantitative estimate of drug-likeness (QED) is 0.724. The normalized spacial score (nSPS) is 17.3. The van der Waals surface area contributed by atoms with E-state index in [4.69, 9.17) is 0 Å². The lowest BCUT2D eigenvalue weighted by Gasteiger charge is -2.20. The van der Waals surface area contributed by atoms with Crippen molar-refractivity contribution >= 4 is 22.7 Å². The van der Waals surface area contributed by atoms with Crippen molar-refractivity contribution in [1.29, 1.82) is 0 Å². The molecule has 0 fully saturated rings. The van der Waals surface area contributed by atoms with Gasteiger partial charge in [-0.05, 0) is 23.8 Å². The minimum atomic E-state index is -0.140. The van der Waals surface area contributed by atoms with Gasteiger partial charge in [0.25, 0.3) is 0 Å². The van der Waals surface area contributed by atoms with Crippen molar-refractivity contribution in [2.75, 3.05) is 0 Å². The number of amides is 1. The first-order valence-electron chi connectivity index (χ1n) is 7.70. The van der Waals surface area contributed by atoms with Gasteiger partial charge >= 0.3 is 0 Å². The van der Waals surface area contributed by atoms with Gasteiger partial charge in [0.2, 0.25) is 5.91 Å². The first-order chi connectivity index (χ1) is 11.6. The topological polar surface area (TPSA) is 76.3 Å². The van der Waals surface area contributed by atoms with E-state index in [0.717, 1.165) is 28.0 Å². The summed E-state index contributed by atoms with van der Waals surface area (Å²) in [4.78, 5) is 20.7. The summed E-state index contributed by atoms with van der Waals surface area (Å²) in [7, 11) is 1.87. The Balaban J connectivity index is 1.74. The molecule has 24 heavy (non-hydrogen) atoms. The average molecular weight is 320 g/mol. The molecule has 3 heterocycles. The van der Waals surface area contributed by atoms with Gasteiger partial charge in [-0.25, -0.2) is 5.01 Å². The van der Waals surface area contributed by atoms with Crippen molar-refractivity contribution in [3.8, 4) is 0 Å². The largest absolute Gasteiger partial charge is 0.273 e. The predicted molar refractivity (Wildman–Crippen MR) is 89.2 cm³/mol. The highest BCUT2D eigenvalue weighted by molar-refractivity contribution is 6.01. The second-order valence-electron chi connectivity index (χ2n) is 5.77. The lowest BCUT2D eigenvalue weighted by Crippen LogP contribution is -2.24. The van der Waals surface area contributed by atoms with E-state index >= 15 is 0 Å². The van der Waals surface area contributed by atoms with E-state index in [9.17, 15) is 4.79 Å². The maximum Gasteiger partial charge on any atom is 0.240 e. The number of aryl methyl sites for hydroxylation is 1. The molecule has 0 saturated heterocycles. The molecule has 2 aromatic heterocycles. The van der Waals surface area contributed by atoms with E-state index in [2.05, 4.69) is 20.2 Å². The smallest absolute Gasteiger partial charge is 0.240 e. The van der Waals surface area contributed by atoms with E-state index in [1.807, 2.05) is 31.3 Å². The van der Waals surface area contributed by atoms with Gasteiger partial charge in [0, 0.05) is 39.0 Å². The van der Waals surface area contributed by atoms with Crippen LogP contribution in [0, 0.1) is 0 Å². The Kier molecular flexibility index (Phi) is 3.34. The Morgan fingerprint density at radius 3 is 2.62 bits per heavy atom. The molecule has 0 N–H and O–H groups in total. The summed E-state index contributed by atoms with van der Waals surface area (Å²) in [5.74, 6) is -0.0867. The minimum Gasteiger partial charge on any atom is -0.273 e. The van der Waals surface area contributed by atoms with Crippen LogP contribution in [-0.2, 0) is 11.8 Å². The van der Waals surface area contributed by atoms with Gasteiger partial charge in [0.05, 0.1) is 28.5 Å². The monoisotopic (exact) mass is 320 g/mol. The summed E-state index contributed by atoms with van der Waals surface area (Å²) in [6, 6.07) is 7.66. The van der Waals surface area contributed by atoms with Crippen LogP contribution in [0.1, 0.15) is 30.6 Å². The van der Waals surface area contributed by atoms with Crippen LogP contribution < -0.4 is 0 Å². The van der Waals surface area contributed by atoms with Crippen LogP contribution in [0.5, 0.6) is 0 Å². The number of hydrazone groups is 1. The third-order valence-electron chi connectivity index (χ3n) is 4.23. The van der Waals surface area contributed by atoms with E-state index in [1.54, 1.807) is 28.3 Å². The van der Waals surface area contributed by atoms with Gasteiger partial charge in [-0.15, -0.1) is 0 Å². The molecule has 120 valence electrons. The molecular formula is C17H16N6O. The molecule has 7 heteroatoms. The zero-order valence-corrected chi connectivity index (χ0v) is 13.4. The van der Waals surface area contributed by atoms with E-state index in [-0.39, 0.29) is 11.9 Å². The third-order valence-corrected chi connectivity index (χ3v) is 4.23. The fraction of sp³-hybridized carbons (Fsp3) is 0.235. The van der Waals surface area contributed by atoms with Gasteiger partial charge < -0.3 is 0 Å². The SMILES string of the molecule is CC(=O)N1N=C(c2ccnn2C)C[C@@H]1c1ccc2nccnc2c1. The van der Waals surface area contributed by atoms with Crippen molar-refractivity contribution < 1.29 is 4.79 Å². The van der Waals surface area contributed by atoms with Crippen LogP contribution in [0.4, 0.5) is 0 Å². The van der Waals surface area contributed by atoms with Gasteiger partial charge in [0.15, 0.2) is 0 Å². The second-order valence-corrected chi connectivity index (χ2v) is 5.77. The summed E-state index contributed by atoms with van der Waals surface area (Å²) in [5.41, 5.74) is 4.42. The highest BCUT2D eigenvalue weighted by atomic mass is 16.2. The molecule has 1 aliphatic rings.